The van der Waals surface area contributed by atoms with E-state index in [0.29, 0.717) is 23.8 Å². The van der Waals surface area contributed by atoms with Gasteiger partial charge in [-0.15, -0.1) is 0 Å². The summed E-state index contributed by atoms with van der Waals surface area (Å²) in [7, 11) is 0. The number of carbonyl (C=O) groups is 2. The van der Waals surface area contributed by atoms with Gasteiger partial charge >= 0.3 is 0 Å². The molecule has 0 radical (unpaired) electrons. The van der Waals surface area contributed by atoms with Crippen LogP contribution in [0.4, 0.5) is 0 Å². The van der Waals surface area contributed by atoms with Gasteiger partial charge in [0.2, 0.25) is 5.91 Å². The third kappa shape index (κ3) is 5.01. The second-order valence-corrected chi connectivity index (χ2v) is 8.55. The zero-order valence-electron chi connectivity index (χ0n) is 17.5. The monoisotopic (exact) mass is 403 g/mol. The molecule has 0 N–H and O–H groups in total. The molecule has 0 aromatic carbocycles. The highest BCUT2D eigenvalue weighted by molar-refractivity contribution is 5.95. The molecular formula is C22H33N3O4. The van der Waals surface area contributed by atoms with Gasteiger partial charge in [0.05, 0.1) is 25.0 Å². The van der Waals surface area contributed by atoms with Gasteiger partial charge in [-0.25, -0.2) is 0 Å². The van der Waals surface area contributed by atoms with Gasteiger partial charge in [0.25, 0.3) is 5.91 Å². The first-order chi connectivity index (χ1) is 14.1. The minimum atomic E-state index is 0.0214. The van der Waals surface area contributed by atoms with E-state index in [1.165, 1.54) is 0 Å². The van der Waals surface area contributed by atoms with E-state index in [1.54, 1.807) is 12.3 Å². The zero-order valence-corrected chi connectivity index (χ0v) is 17.5. The Morgan fingerprint density at radius 3 is 2.66 bits per heavy atom. The Hall–Kier alpha value is -1.86. The van der Waals surface area contributed by atoms with Crippen molar-refractivity contribution in [3.8, 4) is 0 Å². The lowest BCUT2D eigenvalue weighted by Crippen LogP contribution is -2.52. The summed E-state index contributed by atoms with van der Waals surface area (Å²) < 4.78 is 10.7. The van der Waals surface area contributed by atoms with E-state index >= 15 is 0 Å². The molecule has 1 unspecified atom stereocenters. The highest BCUT2D eigenvalue weighted by Gasteiger charge is 2.38. The molecule has 2 amide bonds. The van der Waals surface area contributed by atoms with Crippen LogP contribution in [0.3, 0.4) is 0 Å². The molecule has 1 aromatic rings. The van der Waals surface area contributed by atoms with Crippen LogP contribution in [0.1, 0.15) is 48.2 Å². The largest absolute Gasteiger partial charge is 0.469 e. The molecule has 3 aliphatic rings. The molecule has 2 saturated heterocycles. The smallest absolute Gasteiger partial charge is 0.257 e. The maximum absolute atomic E-state index is 13.0. The van der Waals surface area contributed by atoms with Gasteiger partial charge in [0.1, 0.15) is 5.76 Å². The third-order valence-corrected chi connectivity index (χ3v) is 6.40. The summed E-state index contributed by atoms with van der Waals surface area (Å²) in [5.41, 5.74) is 0.637. The number of aryl methyl sites for hydroxylation is 1. The first kappa shape index (κ1) is 20.4. The van der Waals surface area contributed by atoms with Crippen molar-refractivity contribution in [1.82, 2.24) is 14.7 Å². The van der Waals surface area contributed by atoms with E-state index in [0.717, 1.165) is 78.0 Å². The lowest BCUT2D eigenvalue weighted by molar-refractivity contribution is -0.136. The summed E-state index contributed by atoms with van der Waals surface area (Å²) >= 11 is 0. The molecule has 1 atom stereocenters. The minimum Gasteiger partial charge on any atom is -0.469 e. The summed E-state index contributed by atoms with van der Waals surface area (Å²) in [6, 6.07) is 1.87. The van der Waals surface area contributed by atoms with Crippen LogP contribution in [-0.4, -0.2) is 85.0 Å². The van der Waals surface area contributed by atoms with Gasteiger partial charge < -0.3 is 19.0 Å². The maximum atomic E-state index is 13.0. The van der Waals surface area contributed by atoms with E-state index in [9.17, 15) is 9.59 Å². The van der Waals surface area contributed by atoms with Crippen molar-refractivity contribution < 1.29 is 18.7 Å². The second-order valence-electron chi connectivity index (χ2n) is 8.55. The minimum absolute atomic E-state index is 0.0214. The number of ether oxygens (including phenoxy) is 1. The molecule has 2 aliphatic heterocycles. The molecule has 7 nitrogen and oxygen atoms in total. The van der Waals surface area contributed by atoms with Gasteiger partial charge in [-0.1, -0.05) is 0 Å². The Morgan fingerprint density at radius 2 is 1.97 bits per heavy atom. The summed E-state index contributed by atoms with van der Waals surface area (Å²) in [5, 5.41) is 0. The van der Waals surface area contributed by atoms with Crippen molar-refractivity contribution in [1.29, 1.82) is 0 Å². The Labute approximate surface area is 172 Å². The molecule has 7 heteroatoms. The van der Waals surface area contributed by atoms with Crippen LogP contribution in [0, 0.1) is 12.8 Å². The van der Waals surface area contributed by atoms with E-state index < -0.39 is 0 Å². The van der Waals surface area contributed by atoms with Crippen molar-refractivity contribution >= 4 is 11.8 Å². The molecule has 3 fully saturated rings. The van der Waals surface area contributed by atoms with Crippen molar-refractivity contribution in [3.63, 3.8) is 0 Å². The molecule has 1 aliphatic carbocycles. The number of hydrogen-bond donors (Lipinski definition) is 0. The highest BCUT2D eigenvalue weighted by Crippen LogP contribution is 2.33. The standard InChI is InChI=1S/C22H33N3O4/c1-17-20(7-13-29-17)22(27)24-9-2-4-19(16-24)25(21(26)18-5-6-18)10-3-8-23-11-14-28-15-12-23/h7,13,18-19H,2-6,8-12,14-16H2,1H3. The van der Waals surface area contributed by atoms with Crippen LogP contribution < -0.4 is 0 Å². The molecule has 1 aromatic heterocycles. The number of nitrogens with zero attached hydrogens (tertiary/aromatic N) is 3. The van der Waals surface area contributed by atoms with Gasteiger partial charge in [-0.2, -0.15) is 0 Å². The Bertz CT molecular complexity index is 709. The quantitative estimate of drug-likeness (QED) is 0.698. The van der Waals surface area contributed by atoms with Crippen molar-refractivity contribution in [2.45, 2.75) is 45.1 Å². The topological polar surface area (TPSA) is 66.2 Å². The number of amides is 2. The molecule has 160 valence electrons. The SMILES string of the molecule is Cc1occc1C(=O)N1CCCC(N(CCCN2CCOCC2)C(=O)C2CC2)C1. The number of likely N-dealkylation sites (tertiary alicyclic amines) is 1. The van der Waals surface area contributed by atoms with E-state index in [1.807, 2.05) is 11.8 Å². The molecule has 1 saturated carbocycles. The van der Waals surface area contributed by atoms with Crippen LogP contribution in [0.15, 0.2) is 16.7 Å². The van der Waals surface area contributed by atoms with Crippen LogP contribution in [0.25, 0.3) is 0 Å². The second kappa shape index (κ2) is 9.30. The van der Waals surface area contributed by atoms with Crippen LogP contribution in [-0.2, 0) is 9.53 Å². The lowest BCUT2D eigenvalue weighted by atomic mass is 10.0. The number of piperidine rings is 1. The predicted octanol–water partition coefficient (Wildman–Crippen LogP) is 2.15. The third-order valence-electron chi connectivity index (χ3n) is 6.40. The number of carbonyl (C=O) groups excluding carboxylic acids is 2. The van der Waals surface area contributed by atoms with Crippen LogP contribution in [0.5, 0.6) is 0 Å². The lowest BCUT2D eigenvalue weighted by Gasteiger charge is -2.40. The van der Waals surface area contributed by atoms with Gasteiger partial charge in [0.15, 0.2) is 0 Å². The molecule has 4 rings (SSSR count). The molecule has 0 spiro atoms. The Balaban J connectivity index is 1.37. The van der Waals surface area contributed by atoms with Crippen LogP contribution >= 0.6 is 0 Å². The van der Waals surface area contributed by atoms with E-state index in [2.05, 4.69) is 9.80 Å². The van der Waals surface area contributed by atoms with E-state index in [4.69, 9.17) is 9.15 Å². The normalized spacial score (nSPS) is 23.2. The maximum Gasteiger partial charge on any atom is 0.257 e. The highest BCUT2D eigenvalue weighted by atomic mass is 16.5. The Kier molecular flexibility index (Phi) is 6.55. The summed E-state index contributed by atoms with van der Waals surface area (Å²) in [5.74, 6) is 1.19. The molecule has 0 bridgehead atoms. The number of furan rings is 1. The average molecular weight is 404 g/mol. The van der Waals surface area contributed by atoms with Crippen LogP contribution in [0.2, 0.25) is 0 Å². The van der Waals surface area contributed by atoms with Crippen molar-refractivity contribution in [2.75, 3.05) is 52.5 Å². The fourth-order valence-electron chi connectivity index (χ4n) is 4.50. The molecular weight excluding hydrogens is 370 g/mol. The van der Waals surface area contributed by atoms with Gasteiger partial charge in [-0.05, 0) is 45.1 Å². The fraction of sp³-hybridized carbons (Fsp3) is 0.727. The van der Waals surface area contributed by atoms with Crippen molar-refractivity contribution in [3.05, 3.63) is 23.7 Å². The summed E-state index contributed by atoms with van der Waals surface area (Å²) in [6.07, 6.45) is 6.49. The first-order valence-corrected chi connectivity index (χ1v) is 11.1. The number of hydrogen-bond acceptors (Lipinski definition) is 5. The number of morpholine rings is 1. The summed E-state index contributed by atoms with van der Waals surface area (Å²) in [6.45, 7) is 8.54. The molecule has 29 heavy (non-hydrogen) atoms. The first-order valence-electron chi connectivity index (χ1n) is 11.1. The average Bonchev–Trinajstić information content (AvgIpc) is 3.52. The molecule has 3 heterocycles. The predicted molar refractivity (Wildman–Crippen MR) is 109 cm³/mol. The Morgan fingerprint density at radius 1 is 1.17 bits per heavy atom. The fourth-order valence-corrected chi connectivity index (χ4v) is 4.50. The van der Waals surface area contributed by atoms with Gasteiger partial charge in [0, 0.05) is 51.2 Å². The van der Waals surface area contributed by atoms with Gasteiger partial charge in [-0.3, -0.25) is 14.5 Å². The van der Waals surface area contributed by atoms with Crippen molar-refractivity contribution in [2.24, 2.45) is 5.92 Å². The summed E-state index contributed by atoms with van der Waals surface area (Å²) in [4.78, 5) is 32.4. The number of rotatable bonds is 7. The zero-order chi connectivity index (χ0) is 20.2. The van der Waals surface area contributed by atoms with E-state index in [-0.39, 0.29) is 17.9 Å².